The van der Waals surface area contributed by atoms with E-state index in [2.05, 4.69) is 0 Å². The summed E-state index contributed by atoms with van der Waals surface area (Å²) in [5, 5.41) is 9.42. The average molecular weight is 351 g/mol. The zero-order chi connectivity index (χ0) is 18.6. The van der Waals surface area contributed by atoms with Crippen LogP contribution in [-0.4, -0.2) is 53.0 Å². The van der Waals surface area contributed by atoms with Crippen molar-refractivity contribution >= 4 is 12.1 Å². The molecule has 7 nitrogen and oxygen atoms in total. The van der Waals surface area contributed by atoms with E-state index in [0.717, 1.165) is 0 Å². The molecule has 0 saturated carbocycles. The van der Waals surface area contributed by atoms with Gasteiger partial charge in [-0.1, -0.05) is 12.1 Å². The third-order valence-corrected chi connectivity index (χ3v) is 3.62. The third-order valence-electron chi connectivity index (χ3n) is 3.62. The Bertz CT molecular complexity index is 624. The molecule has 2 atom stereocenters. The Labute approximate surface area is 147 Å². The number of likely N-dealkylation sites (tertiary alicyclic amines) is 1. The van der Waals surface area contributed by atoms with Crippen molar-refractivity contribution in [2.45, 2.75) is 51.9 Å². The molecule has 25 heavy (non-hydrogen) atoms. The molecular weight excluding hydrogens is 326 g/mol. The van der Waals surface area contributed by atoms with Gasteiger partial charge in [0.05, 0.1) is 13.2 Å². The molecule has 0 aliphatic carbocycles. The zero-order valence-corrected chi connectivity index (χ0v) is 15.0. The van der Waals surface area contributed by atoms with Crippen molar-refractivity contribution in [2.24, 2.45) is 0 Å². The van der Waals surface area contributed by atoms with E-state index in [1.807, 2.05) is 19.1 Å². The number of ether oxygens (including phenoxy) is 3. The second-order valence-electron chi connectivity index (χ2n) is 6.84. The number of amides is 1. The van der Waals surface area contributed by atoms with Crippen LogP contribution in [0.3, 0.4) is 0 Å². The lowest BCUT2D eigenvalue weighted by Gasteiger charge is -2.26. The lowest BCUT2D eigenvalue weighted by Crippen LogP contribution is -2.43. The monoisotopic (exact) mass is 351 g/mol. The highest BCUT2D eigenvalue weighted by Gasteiger charge is 2.42. The van der Waals surface area contributed by atoms with E-state index in [4.69, 9.17) is 14.2 Å². The van der Waals surface area contributed by atoms with Crippen LogP contribution in [0.2, 0.25) is 0 Å². The summed E-state index contributed by atoms with van der Waals surface area (Å²) >= 11 is 0. The maximum Gasteiger partial charge on any atom is 0.411 e. The molecule has 0 radical (unpaired) electrons. The Morgan fingerprint density at radius 2 is 1.88 bits per heavy atom. The number of para-hydroxylation sites is 2. The van der Waals surface area contributed by atoms with Crippen LogP contribution < -0.4 is 9.47 Å². The summed E-state index contributed by atoms with van der Waals surface area (Å²) in [7, 11) is 0. The number of carbonyl (C=O) groups is 2. The number of hydrogen-bond acceptors (Lipinski definition) is 5. The molecular formula is C18H25NO6. The Balaban J connectivity index is 2.12. The summed E-state index contributed by atoms with van der Waals surface area (Å²) in [6, 6.07) is 6.22. The Morgan fingerprint density at radius 3 is 2.44 bits per heavy atom. The van der Waals surface area contributed by atoms with Gasteiger partial charge in [-0.15, -0.1) is 0 Å². The molecule has 1 aromatic carbocycles. The van der Waals surface area contributed by atoms with Crippen LogP contribution in [0.25, 0.3) is 0 Å². The summed E-state index contributed by atoms with van der Waals surface area (Å²) in [4.78, 5) is 25.0. The number of carboxylic acid groups (broad SMARTS) is 1. The molecule has 1 heterocycles. The standard InChI is InChI=1S/C18H25NO6/c1-5-23-14-8-6-7-9-15(14)24-12-10-13(16(20)21)19(11-12)17(22)25-18(2,3)4/h6-9,12-13H,5,10-11H2,1-4H3,(H,20,21). The summed E-state index contributed by atoms with van der Waals surface area (Å²) in [5.41, 5.74) is -0.694. The molecule has 2 rings (SSSR count). The van der Waals surface area contributed by atoms with Crippen LogP contribution in [0.5, 0.6) is 11.5 Å². The van der Waals surface area contributed by atoms with Crippen LogP contribution in [0.4, 0.5) is 4.79 Å². The van der Waals surface area contributed by atoms with Crippen LogP contribution in [-0.2, 0) is 9.53 Å². The molecule has 0 aromatic heterocycles. The fraction of sp³-hybridized carbons (Fsp3) is 0.556. The Hall–Kier alpha value is -2.44. The minimum absolute atomic E-state index is 0.145. The van der Waals surface area contributed by atoms with E-state index in [0.29, 0.717) is 18.1 Å². The maximum atomic E-state index is 12.3. The maximum absolute atomic E-state index is 12.3. The van der Waals surface area contributed by atoms with Gasteiger partial charge in [0.25, 0.3) is 0 Å². The molecule has 1 aliphatic rings. The molecule has 1 saturated heterocycles. The molecule has 1 amide bonds. The van der Waals surface area contributed by atoms with Crippen molar-refractivity contribution in [3.8, 4) is 11.5 Å². The number of aliphatic carboxylic acids is 1. The highest BCUT2D eigenvalue weighted by molar-refractivity contribution is 5.81. The van der Waals surface area contributed by atoms with Gasteiger partial charge < -0.3 is 19.3 Å². The molecule has 0 bridgehead atoms. The van der Waals surface area contributed by atoms with Gasteiger partial charge in [-0.2, -0.15) is 0 Å². The van der Waals surface area contributed by atoms with Crippen molar-refractivity contribution in [1.29, 1.82) is 0 Å². The number of benzene rings is 1. The number of carboxylic acids is 1. The lowest BCUT2D eigenvalue weighted by atomic mass is 10.2. The van der Waals surface area contributed by atoms with Gasteiger partial charge in [0.1, 0.15) is 17.7 Å². The third kappa shape index (κ3) is 5.01. The quantitative estimate of drug-likeness (QED) is 0.878. The van der Waals surface area contributed by atoms with E-state index < -0.39 is 29.8 Å². The molecule has 1 fully saturated rings. The Kier molecular flexibility index (Phi) is 5.77. The first-order chi connectivity index (χ1) is 11.7. The molecule has 2 unspecified atom stereocenters. The summed E-state index contributed by atoms with van der Waals surface area (Å²) in [6.45, 7) is 7.73. The zero-order valence-electron chi connectivity index (χ0n) is 15.0. The van der Waals surface area contributed by atoms with Gasteiger partial charge in [0.2, 0.25) is 0 Å². The van der Waals surface area contributed by atoms with Crippen molar-refractivity contribution in [1.82, 2.24) is 4.90 Å². The number of hydrogen-bond donors (Lipinski definition) is 1. The topological polar surface area (TPSA) is 85.3 Å². The molecule has 7 heteroatoms. The van der Waals surface area contributed by atoms with Gasteiger partial charge in [-0.05, 0) is 39.8 Å². The summed E-state index contributed by atoms with van der Waals surface area (Å²) in [6.07, 6.45) is -0.908. The van der Waals surface area contributed by atoms with E-state index >= 15 is 0 Å². The molecule has 138 valence electrons. The predicted octanol–water partition coefficient (Wildman–Crippen LogP) is 2.93. The first-order valence-electron chi connectivity index (χ1n) is 8.32. The normalized spacial score (nSPS) is 20.2. The molecule has 0 spiro atoms. The van der Waals surface area contributed by atoms with Crippen molar-refractivity contribution in [3.63, 3.8) is 0 Å². The van der Waals surface area contributed by atoms with Crippen LogP contribution in [0.15, 0.2) is 24.3 Å². The van der Waals surface area contributed by atoms with E-state index in [1.54, 1.807) is 32.9 Å². The number of rotatable bonds is 5. The molecule has 1 aromatic rings. The fourth-order valence-electron chi connectivity index (χ4n) is 2.64. The minimum Gasteiger partial charge on any atom is -0.490 e. The predicted molar refractivity (Wildman–Crippen MR) is 91.0 cm³/mol. The van der Waals surface area contributed by atoms with Crippen molar-refractivity contribution < 1.29 is 28.9 Å². The lowest BCUT2D eigenvalue weighted by molar-refractivity contribution is -0.142. The van der Waals surface area contributed by atoms with E-state index in [9.17, 15) is 14.7 Å². The van der Waals surface area contributed by atoms with Gasteiger partial charge in [-0.25, -0.2) is 9.59 Å². The van der Waals surface area contributed by atoms with Crippen molar-refractivity contribution in [3.05, 3.63) is 24.3 Å². The molecule has 1 N–H and O–H groups in total. The highest BCUT2D eigenvalue weighted by atomic mass is 16.6. The minimum atomic E-state index is -1.07. The SMILES string of the molecule is CCOc1ccccc1OC1CC(C(=O)O)N(C(=O)OC(C)(C)C)C1. The van der Waals surface area contributed by atoms with Gasteiger partial charge in [-0.3, -0.25) is 4.90 Å². The number of carbonyl (C=O) groups excluding carboxylic acids is 1. The summed E-state index contributed by atoms with van der Waals surface area (Å²) < 4.78 is 16.7. The fourth-order valence-corrected chi connectivity index (χ4v) is 2.64. The van der Waals surface area contributed by atoms with Gasteiger partial charge in [0, 0.05) is 6.42 Å². The van der Waals surface area contributed by atoms with E-state index in [1.165, 1.54) is 4.90 Å². The first kappa shape index (κ1) is 18.9. The first-order valence-corrected chi connectivity index (χ1v) is 8.32. The van der Waals surface area contributed by atoms with Gasteiger partial charge >= 0.3 is 12.1 Å². The number of nitrogens with zero attached hydrogens (tertiary/aromatic N) is 1. The van der Waals surface area contributed by atoms with Gasteiger partial charge in [0.15, 0.2) is 11.5 Å². The highest BCUT2D eigenvalue weighted by Crippen LogP contribution is 2.31. The largest absolute Gasteiger partial charge is 0.490 e. The van der Waals surface area contributed by atoms with Crippen LogP contribution in [0, 0.1) is 0 Å². The average Bonchev–Trinajstić information content (AvgIpc) is 2.92. The van der Waals surface area contributed by atoms with E-state index in [-0.39, 0.29) is 13.0 Å². The smallest absolute Gasteiger partial charge is 0.411 e. The summed E-state index contributed by atoms with van der Waals surface area (Å²) in [5.74, 6) is 0.0483. The second-order valence-corrected chi connectivity index (χ2v) is 6.84. The Morgan fingerprint density at radius 1 is 1.24 bits per heavy atom. The van der Waals surface area contributed by atoms with Crippen molar-refractivity contribution in [2.75, 3.05) is 13.2 Å². The van der Waals surface area contributed by atoms with Crippen LogP contribution >= 0.6 is 0 Å². The van der Waals surface area contributed by atoms with Crippen LogP contribution in [0.1, 0.15) is 34.1 Å². The second kappa shape index (κ2) is 7.63. The molecule has 1 aliphatic heterocycles.